The summed E-state index contributed by atoms with van der Waals surface area (Å²) in [6.45, 7) is 9.17. The summed E-state index contributed by atoms with van der Waals surface area (Å²) < 4.78 is 6.38. The Morgan fingerprint density at radius 2 is 1.00 bits per heavy atom. The molecule has 0 aliphatic rings. The van der Waals surface area contributed by atoms with Crippen LogP contribution in [0.3, 0.4) is 0 Å². The van der Waals surface area contributed by atoms with E-state index < -0.39 is 0 Å². The van der Waals surface area contributed by atoms with E-state index in [0.717, 1.165) is 31.5 Å². The molecule has 0 N–H and O–H groups in total. The second-order valence-electron chi connectivity index (χ2n) is 4.45. The standard InChI is InChI=1S/C7H7O.3C3H6O.Pb/c1-8-7-5-3-2-4-6-7;3*1-3(2)4;/h3-6H,1H3;3*1-2H3;. The van der Waals surface area contributed by atoms with Gasteiger partial charge in [-0.3, -0.25) is 0 Å². The third kappa shape index (κ3) is 45.4. The van der Waals surface area contributed by atoms with Gasteiger partial charge in [0.05, 0.1) is 0 Å². The van der Waals surface area contributed by atoms with Crippen LogP contribution < -0.4 is 7.86 Å². The Labute approximate surface area is 144 Å². The molecule has 0 saturated carbocycles. The molecule has 0 saturated heterocycles. The third-order valence-corrected chi connectivity index (χ3v) is 2.39. The van der Waals surface area contributed by atoms with Crippen LogP contribution in [0.25, 0.3) is 0 Å². The summed E-state index contributed by atoms with van der Waals surface area (Å²) in [6.07, 6.45) is 0. The van der Waals surface area contributed by atoms with Gasteiger partial charge in [-0.1, -0.05) is 0 Å². The fourth-order valence-corrected chi connectivity index (χ4v) is 1.24. The predicted octanol–water partition coefficient (Wildman–Crippen LogP) is 2.27. The average Bonchev–Trinajstić information content (AvgIpc) is 2.27. The van der Waals surface area contributed by atoms with Gasteiger partial charge in [0, 0.05) is 0 Å². The first-order valence-corrected chi connectivity index (χ1v) is 8.24. The van der Waals surface area contributed by atoms with Crippen LogP contribution in [-0.4, -0.2) is 50.2 Å². The number of methoxy groups -OCH3 is 1. The number of hydrogen-bond acceptors (Lipinski definition) is 4. The van der Waals surface area contributed by atoms with Crippen LogP contribution in [0.1, 0.15) is 41.5 Å². The maximum atomic E-state index is 9.44. The Bertz CT molecular complexity index is 370. The number of rotatable bonds is 1. The third-order valence-electron chi connectivity index (χ3n) is 1.09. The van der Waals surface area contributed by atoms with Gasteiger partial charge in [-0.05, 0) is 41.5 Å². The first-order valence-electron chi connectivity index (χ1n) is 6.30. The second kappa shape index (κ2) is 17.0. The molecule has 0 unspecified atom stereocenters. The summed E-state index contributed by atoms with van der Waals surface area (Å²) in [6, 6.07) is 8.15. The first-order chi connectivity index (χ1) is 9.52. The molecule has 0 spiro atoms. The summed E-state index contributed by atoms with van der Waals surface area (Å²) in [5.74, 6) is 1.44. The van der Waals surface area contributed by atoms with E-state index in [-0.39, 0.29) is 17.3 Å². The number of ether oxygens (including phenoxy) is 1. The Kier molecular flexibility index (Phi) is 20.2. The van der Waals surface area contributed by atoms with Crippen molar-refractivity contribution in [2.75, 3.05) is 7.11 Å². The van der Waals surface area contributed by atoms with Crippen molar-refractivity contribution in [3.05, 3.63) is 24.3 Å². The predicted molar refractivity (Wildman–Crippen MR) is 87.4 cm³/mol. The van der Waals surface area contributed by atoms with Crippen LogP contribution in [0.2, 0.25) is 0 Å². The van der Waals surface area contributed by atoms with Crippen molar-refractivity contribution in [1.82, 2.24) is 0 Å². The van der Waals surface area contributed by atoms with Crippen LogP contribution >= 0.6 is 0 Å². The molecule has 0 aliphatic heterocycles. The number of carbonyl (C=O) groups is 3. The summed E-state index contributed by atoms with van der Waals surface area (Å²) >= 11 is 1.12. The summed E-state index contributed by atoms with van der Waals surface area (Å²) in [5.41, 5.74) is 0. The fourth-order valence-electron chi connectivity index (χ4n) is 0.591. The van der Waals surface area contributed by atoms with Crippen LogP contribution in [0.5, 0.6) is 5.75 Å². The van der Waals surface area contributed by atoms with Crippen LogP contribution in [0.4, 0.5) is 0 Å². The summed E-state index contributed by atoms with van der Waals surface area (Å²) in [7, 11) is 1.68. The van der Waals surface area contributed by atoms with E-state index in [9.17, 15) is 14.4 Å². The molecule has 0 atom stereocenters. The first kappa shape index (κ1) is 24.9. The van der Waals surface area contributed by atoms with Crippen molar-refractivity contribution in [3.8, 4) is 5.75 Å². The normalized spacial score (nSPS) is 7.62. The van der Waals surface area contributed by atoms with E-state index in [1.54, 1.807) is 7.11 Å². The zero-order valence-electron chi connectivity index (χ0n) is 13.9. The molecule has 0 amide bonds. The van der Waals surface area contributed by atoms with E-state index in [1.165, 1.54) is 44.7 Å². The molecule has 0 aromatic heterocycles. The molecular formula is C16H25O4Pb. The molecule has 1 aromatic rings. The van der Waals surface area contributed by atoms with Crippen molar-refractivity contribution < 1.29 is 19.1 Å². The van der Waals surface area contributed by atoms with Crippen molar-refractivity contribution >= 4 is 46.2 Å². The van der Waals surface area contributed by atoms with Crippen LogP contribution in [0.15, 0.2) is 24.3 Å². The quantitative estimate of drug-likeness (QED) is 0.570. The van der Waals surface area contributed by atoms with Gasteiger partial charge >= 0.3 is 70.8 Å². The minimum atomic E-state index is 0.167. The van der Waals surface area contributed by atoms with E-state index >= 15 is 0 Å². The molecule has 21 heavy (non-hydrogen) atoms. The number of ketones is 3. The zero-order valence-corrected chi connectivity index (χ0v) is 17.8. The summed E-state index contributed by atoms with van der Waals surface area (Å²) in [5, 5.41) is 0. The monoisotopic (exact) mass is 489 g/mol. The Hall–Kier alpha value is -1.05. The number of carbonyl (C=O) groups excluding carboxylic acids is 3. The van der Waals surface area contributed by atoms with Crippen LogP contribution in [0, 0.1) is 0 Å². The van der Waals surface area contributed by atoms with Gasteiger partial charge < -0.3 is 14.4 Å². The Balaban J connectivity index is -0.000000230. The molecule has 3 radical (unpaired) electrons. The SMILES string of the molecule is CC(C)=O.CC(C)=O.CC(C)=O.COc1cc[c]([Pb])cc1. The second-order valence-corrected chi connectivity index (χ2v) is 6.70. The van der Waals surface area contributed by atoms with Gasteiger partial charge in [0.25, 0.3) is 0 Å². The van der Waals surface area contributed by atoms with E-state index in [0.29, 0.717) is 0 Å². The van der Waals surface area contributed by atoms with Crippen LogP contribution in [-0.2, 0) is 14.4 Å². The van der Waals surface area contributed by atoms with Crippen molar-refractivity contribution in [3.63, 3.8) is 0 Å². The van der Waals surface area contributed by atoms with Crippen molar-refractivity contribution in [2.45, 2.75) is 41.5 Å². The zero-order chi connectivity index (χ0) is 17.4. The van der Waals surface area contributed by atoms with Gasteiger partial charge in [0.2, 0.25) is 0 Å². The molecule has 0 heterocycles. The summed E-state index contributed by atoms with van der Waals surface area (Å²) in [4.78, 5) is 28.3. The maximum absolute atomic E-state index is 9.44. The van der Waals surface area contributed by atoms with Gasteiger partial charge in [0.1, 0.15) is 17.3 Å². The topological polar surface area (TPSA) is 60.4 Å². The number of hydrogen-bond donors (Lipinski definition) is 0. The Morgan fingerprint density at radius 3 is 1.19 bits per heavy atom. The molecule has 117 valence electrons. The minimum absolute atomic E-state index is 0.167. The molecule has 0 bridgehead atoms. The van der Waals surface area contributed by atoms with Gasteiger partial charge in [0.15, 0.2) is 0 Å². The van der Waals surface area contributed by atoms with Gasteiger partial charge in [-0.25, -0.2) is 0 Å². The van der Waals surface area contributed by atoms with E-state index in [4.69, 9.17) is 4.74 Å². The average molecular weight is 489 g/mol. The van der Waals surface area contributed by atoms with Crippen molar-refractivity contribution in [2.24, 2.45) is 0 Å². The molecule has 1 rings (SSSR count). The van der Waals surface area contributed by atoms with E-state index in [1.807, 2.05) is 12.1 Å². The molecule has 5 heteroatoms. The molecule has 0 aliphatic carbocycles. The molecule has 4 nitrogen and oxygen atoms in total. The number of Topliss-reactive ketones (excluding diaryl/α,β-unsaturated/α-hetero) is 3. The molecule has 1 aromatic carbocycles. The van der Waals surface area contributed by atoms with Gasteiger partial charge in [-0.15, -0.1) is 0 Å². The fraction of sp³-hybridized carbons (Fsp3) is 0.438. The Morgan fingerprint density at radius 1 is 0.762 bits per heavy atom. The molecule has 0 fully saturated rings. The number of benzene rings is 1. The van der Waals surface area contributed by atoms with Crippen molar-refractivity contribution in [1.29, 1.82) is 0 Å². The molecular weight excluding hydrogens is 463 g/mol. The van der Waals surface area contributed by atoms with E-state index in [2.05, 4.69) is 12.1 Å². The van der Waals surface area contributed by atoms with Gasteiger partial charge in [-0.2, -0.15) is 0 Å².